The molecule has 2 unspecified atom stereocenters. The highest BCUT2D eigenvalue weighted by atomic mass is 32.2. The first kappa shape index (κ1) is 20.4. The van der Waals surface area contributed by atoms with Gasteiger partial charge in [0.15, 0.2) is 0 Å². The van der Waals surface area contributed by atoms with Crippen molar-refractivity contribution < 1.29 is 23.1 Å². The first-order valence-electron chi connectivity index (χ1n) is 8.78. The normalized spacial score (nSPS) is 23.4. The summed E-state index contributed by atoms with van der Waals surface area (Å²) >= 11 is 0. The monoisotopic (exact) mass is 382 g/mol. The van der Waals surface area contributed by atoms with Crippen molar-refractivity contribution in [2.24, 2.45) is 5.92 Å². The number of carbonyl (C=O) groups excluding carboxylic acids is 1. The Balaban J connectivity index is 2.04. The van der Waals surface area contributed by atoms with Crippen LogP contribution in [-0.2, 0) is 21.4 Å². The molecule has 1 saturated carbocycles. The van der Waals surface area contributed by atoms with Crippen molar-refractivity contribution in [3.8, 4) is 0 Å². The van der Waals surface area contributed by atoms with Crippen LogP contribution in [0.15, 0.2) is 24.3 Å². The average molecular weight is 382 g/mol. The largest absolute Gasteiger partial charge is 0.481 e. The highest BCUT2D eigenvalue weighted by Gasteiger charge is 2.42. The van der Waals surface area contributed by atoms with Gasteiger partial charge in [-0.3, -0.25) is 9.59 Å². The molecule has 0 spiro atoms. The number of sulfonamides is 1. The number of amides is 1. The molecule has 0 heterocycles. The molecule has 1 amide bonds. The molecule has 1 aliphatic rings. The summed E-state index contributed by atoms with van der Waals surface area (Å²) in [5, 5.41) is 12.3. The minimum atomic E-state index is -3.27. The van der Waals surface area contributed by atoms with Crippen LogP contribution in [0.3, 0.4) is 0 Å². The van der Waals surface area contributed by atoms with Gasteiger partial charge in [-0.05, 0) is 44.4 Å². The van der Waals surface area contributed by atoms with E-state index >= 15 is 0 Å². The third-order valence-electron chi connectivity index (χ3n) is 5.00. The smallest absolute Gasteiger partial charge is 0.308 e. The third-order valence-corrected chi connectivity index (χ3v) is 6.34. The van der Waals surface area contributed by atoms with Crippen LogP contribution in [0.25, 0.3) is 0 Å². The summed E-state index contributed by atoms with van der Waals surface area (Å²) in [7, 11) is -3.27. The molecular formula is C18H26N2O5S. The fourth-order valence-electron chi connectivity index (χ4n) is 3.28. The molecule has 0 bridgehead atoms. The van der Waals surface area contributed by atoms with E-state index in [4.69, 9.17) is 0 Å². The molecule has 1 aromatic carbocycles. The number of benzene rings is 1. The zero-order valence-electron chi connectivity index (χ0n) is 15.1. The van der Waals surface area contributed by atoms with Crippen LogP contribution in [0.2, 0.25) is 0 Å². The minimum absolute atomic E-state index is 0.0107. The molecule has 0 saturated heterocycles. The maximum atomic E-state index is 12.5. The number of carboxylic acids is 1. The number of carbonyl (C=O) groups is 2. The van der Waals surface area contributed by atoms with E-state index < -0.39 is 27.4 Å². The van der Waals surface area contributed by atoms with E-state index in [1.165, 1.54) is 0 Å². The number of rotatable bonds is 7. The molecule has 8 heteroatoms. The maximum Gasteiger partial charge on any atom is 0.308 e. The second kappa shape index (κ2) is 8.18. The standard InChI is InChI=1S/C18H26N2O5S/c1-3-26(24,25)19-12-13-7-9-14(10-8-13)16(21)20-18(2)11-5-4-6-15(18)17(22)23/h7-10,15,19H,3-6,11-12H2,1-2H3,(H,20,21)(H,22,23). The summed E-state index contributed by atoms with van der Waals surface area (Å²) in [6, 6.07) is 6.61. The molecule has 0 aromatic heterocycles. The van der Waals surface area contributed by atoms with E-state index in [2.05, 4.69) is 10.0 Å². The van der Waals surface area contributed by atoms with Crippen LogP contribution < -0.4 is 10.0 Å². The van der Waals surface area contributed by atoms with E-state index in [0.717, 1.165) is 18.4 Å². The van der Waals surface area contributed by atoms with Crippen LogP contribution in [0.4, 0.5) is 0 Å². The first-order chi connectivity index (χ1) is 12.2. The van der Waals surface area contributed by atoms with Crippen molar-refractivity contribution in [3.05, 3.63) is 35.4 Å². The number of hydrogen-bond donors (Lipinski definition) is 3. The minimum Gasteiger partial charge on any atom is -0.481 e. The van der Waals surface area contributed by atoms with Gasteiger partial charge in [-0.1, -0.05) is 25.0 Å². The Labute approximate surface area is 154 Å². The quantitative estimate of drug-likeness (QED) is 0.667. The van der Waals surface area contributed by atoms with Crippen molar-refractivity contribution in [1.82, 2.24) is 10.0 Å². The molecule has 7 nitrogen and oxygen atoms in total. The summed E-state index contributed by atoms with van der Waals surface area (Å²) < 4.78 is 25.4. The van der Waals surface area contributed by atoms with E-state index in [0.29, 0.717) is 18.4 Å². The lowest BCUT2D eigenvalue weighted by Crippen LogP contribution is -2.55. The van der Waals surface area contributed by atoms with Crippen LogP contribution in [0.5, 0.6) is 0 Å². The van der Waals surface area contributed by atoms with Gasteiger partial charge in [-0.2, -0.15) is 0 Å². The zero-order valence-corrected chi connectivity index (χ0v) is 15.9. The topological polar surface area (TPSA) is 113 Å². The molecule has 3 N–H and O–H groups in total. The summed E-state index contributed by atoms with van der Waals surface area (Å²) in [6.45, 7) is 3.51. The van der Waals surface area contributed by atoms with Crippen molar-refractivity contribution >= 4 is 21.9 Å². The highest BCUT2D eigenvalue weighted by Crippen LogP contribution is 2.34. The van der Waals surface area contributed by atoms with Gasteiger partial charge < -0.3 is 10.4 Å². The number of nitrogens with one attached hydrogen (secondary N) is 2. The fourth-order valence-corrected chi connectivity index (χ4v) is 3.87. The highest BCUT2D eigenvalue weighted by molar-refractivity contribution is 7.89. The van der Waals surface area contributed by atoms with Gasteiger partial charge in [0.2, 0.25) is 10.0 Å². The molecule has 1 fully saturated rings. The van der Waals surface area contributed by atoms with Crippen LogP contribution in [-0.4, -0.2) is 36.7 Å². The van der Waals surface area contributed by atoms with E-state index in [1.54, 1.807) is 38.1 Å². The van der Waals surface area contributed by atoms with Crippen molar-refractivity contribution in [2.75, 3.05) is 5.75 Å². The van der Waals surface area contributed by atoms with Gasteiger partial charge in [0.05, 0.1) is 17.2 Å². The Morgan fingerprint density at radius 2 is 1.88 bits per heavy atom. The summed E-state index contributed by atoms with van der Waals surface area (Å²) in [5.74, 6) is -1.79. The van der Waals surface area contributed by atoms with Crippen LogP contribution >= 0.6 is 0 Å². The number of aliphatic carboxylic acids is 1. The predicted molar refractivity (Wildman–Crippen MR) is 98.2 cm³/mol. The molecule has 26 heavy (non-hydrogen) atoms. The van der Waals surface area contributed by atoms with Gasteiger partial charge in [0, 0.05) is 12.1 Å². The van der Waals surface area contributed by atoms with Crippen LogP contribution in [0.1, 0.15) is 55.5 Å². The van der Waals surface area contributed by atoms with Gasteiger partial charge in [-0.25, -0.2) is 13.1 Å². The SMILES string of the molecule is CCS(=O)(=O)NCc1ccc(C(=O)NC2(C)CCCCC2C(=O)O)cc1. The first-order valence-corrected chi connectivity index (χ1v) is 10.4. The maximum absolute atomic E-state index is 12.5. The Kier molecular flexibility index (Phi) is 6.41. The van der Waals surface area contributed by atoms with E-state index in [9.17, 15) is 23.1 Å². The second-order valence-electron chi connectivity index (χ2n) is 6.93. The molecule has 2 atom stereocenters. The molecule has 2 rings (SSSR count). The Hall–Kier alpha value is -1.93. The lowest BCUT2D eigenvalue weighted by molar-refractivity contribution is -0.145. The lowest BCUT2D eigenvalue weighted by atomic mass is 9.73. The third kappa shape index (κ3) is 5.04. The summed E-state index contributed by atoms with van der Waals surface area (Å²) in [4.78, 5) is 24.0. The molecule has 144 valence electrons. The molecule has 0 aliphatic heterocycles. The molecule has 1 aromatic rings. The fraction of sp³-hybridized carbons (Fsp3) is 0.556. The van der Waals surface area contributed by atoms with E-state index in [-0.39, 0.29) is 18.2 Å². The Morgan fingerprint density at radius 3 is 2.46 bits per heavy atom. The van der Waals surface area contributed by atoms with Crippen molar-refractivity contribution in [2.45, 2.75) is 51.6 Å². The second-order valence-corrected chi connectivity index (χ2v) is 9.03. The van der Waals surface area contributed by atoms with Gasteiger partial charge in [0.1, 0.15) is 0 Å². The van der Waals surface area contributed by atoms with Gasteiger partial charge >= 0.3 is 5.97 Å². The number of hydrogen-bond acceptors (Lipinski definition) is 4. The molecule has 0 radical (unpaired) electrons. The summed E-state index contributed by atoms with van der Waals surface area (Å²) in [6.07, 6.45) is 2.93. The lowest BCUT2D eigenvalue weighted by Gasteiger charge is -2.39. The molecular weight excluding hydrogens is 356 g/mol. The number of carboxylic acid groups (broad SMARTS) is 1. The zero-order chi connectivity index (χ0) is 19.4. The average Bonchev–Trinajstić information content (AvgIpc) is 2.60. The predicted octanol–water partition coefficient (Wildman–Crippen LogP) is 1.89. The Bertz CT molecular complexity index is 760. The van der Waals surface area contributed by atoms with E-state index in [1.807, 2.05) is 0 Å². The van der Waals surface area contributed by atoms with Crippen molar-refractivity contribution in [3.63, 3.8) is 0 Å². The van der Waals surface area contributed by atoms with Gasteiger partial charge in [-0.15, -0.1) is 0 Å². The van der Waals surface area contributed by atoms with Crippen molar-refractivity contribution in [1.29, 1.82) is 0 Å². The molecule has 1 aliphatic carbocycles. The van der Waals surface area contributed by atoms with Gasteiger partial charge in [0.25, 0.3) is 5.91 Å². The summed E-state index contributed by atoms with van der Waals surface area (Å²) in [5.41, 5.74) is 0.394. The van der Waals surface area contributed by atoms with Crippen LogP contribution in [0, 0.1) is 5.92 Å². The Morgan fingerprint density at radius 1 is 1.23 bits per heavy atom.